The molecule has 0 bridgehead atoms. The Labute approximate surface area is 67.0 Å². The van der Waals surface area contributed by atoms with Crippen molar-refractivity contribution in [1.82, 2.24) is 0 Å². The van der Waals surface area contributed by atoms with E-state index in [9.17, 15) is 21.7 Å². The van der Waals surface area contributed by atoms with Crippen LogP contribution in [0.5, 0.6) is 0 Å². The Bertz CT molecular complexity index is 224. The van der Waals surface area contributed by atoms with E-state index in [4.69, 9.17) is 5.11 Å². The Balaban J connectivity index is 4.39. The average Bonchev–Trinajstić information content (AvgIpc) is 2.00. The SMILES string of the molecule is O=S(=O)(OF)C(F)(F)CCCO. The quantitative estimate of drug-likeness (QED) is 0.717. The van der Waals surface area contributed by atoms with Crippen LogP contribution < -0.4 is 0 Å². The molecule has 0 atom stereocenters. The van der Waals surface area contributed by atoms with Crippen molar-refractivity contribution in [3.05, 3.63) is 0 Å². The van der Waals surface area contributed by atoms with Gasteiger partial charge < -0.3 is 5.11 Å². The van der Waals surface area contributed by atoms with Crippen molar-refractivity contribution in [2.75, 3.05) is 6.61 Å². The second-order valence-electron chi connectivity index (χ2n) is 1.98. The molecule has 0 amide bonds. The van der Waals surface area contributed by atoms with E-state index in [1.165, 1.54) is 0 Å². The van der Waals surface area contributed by atoms with Gasteiger partial charge in [-0.1, -0.05) is 4.39 Å². The van der Waals surface area contributed by atoms with Crippen LogP contribution in [-0.2, 0) is 14.5 Å². The van der Waals surface area contributed by atoms with Crippen LogP contribution in [0.3, 0.4) is 0 Å². The summed E-state index contributed by atoms with van der Waals surface area (Å²) in [5, 5.41) is 3.82. The molecule has 4 nitrogen and oxygen atoms in total. The highest BCUT2D eigenvalue weighted by Crippen LogP contribution is 2.28. The summed E-state index contributed by atoms with van der Waals surface area (Å²) in [5.41, 5.74) is 0. The molecule has 0 aromatic heterocycles. The topological polar surface area (TPSA) is 63.6 Å². The second-order valence-corrected chi connectivity index (χ2v) is 3.61. The standard InChI is InChI=1S/C4H7F3O4S/c5-4(6,2-1-3-8)12(9,10)11-7/h8H,1-3H2. The van der Waals surface area contributed by atoms with Crippen LogP contribution in [0, 0.1) is 0 Å². The normalized spacial score (nSPS) is 13.3. The Morgan fingerprint density at radius 2 is 1.92 bits per heavy atom. The lowest BCUT2D eigenvalue weighted by atomic mass is 10.3. The molecule has 1 N–H and O–H groups in total. The minimum Gasteiger partial charge on any atom is -0.396 e. The van der Waals surface area contributed by atoms with Crippen molar-refractivity contribution >= 4 is 10.1 Å². The third kappa shape index (κ3) is 2.61. The van der Waals surface area contributed by atoms with Gasteiger partial charge in [-0.25, -0.2) is 0 Å². The molecule has 0 heterocycles. The monoisotopic (exact) mass is 208 g/mol. The average molecular weight is 208 g/mol. The van der Waals surface area contributed by atoms with E-state index in [-0.39, 0.29) is 0 Å². The molecule has 74 valence electrons. The lowest BCUT2D eigenvalue weighted by Gasteiger charge is -2.11. The Kier molecular flexibility index (Phi) is 3.94. The van der Waals surface area contributed by atoms with Gasteiger partial charge in [0.2, 0.25) is 0 Å². The first-order chi connectivity index (χ1) is 5.37. The minimum absolute atomic E-state index is 0.449. The van der Waals surface area contributed by atoms with Crippen LogP contribution in [0.15, 0.2) is 0 Å². The zero-order valence-corrected chi connectivity index (χ0v) is 6.65. The van der Waals surface area contributed by atoms with Gasteiger partial charge in [-0.2, -0.15) is 17.2 Å². The van der Waals surface area contributed by atoms with E-state index in [0.717, 1.165) is 0 Å². The van der Waals surface area contributed by atoms with Gasteiger partial charge in [0.25, 0.3) is 0 Å². The molecule has 0 aliphatic rings. The predicted octanol–water partition coefficient (Wildman–Crippen LogP) is 0.583. The van der Waals surface area contributed by atoms with Gasteiger partial charge in [0, 0.05) is 13.0 Å². The van der Waals surface area contributed by atoms with Crippen LogP contribution in [0.25, 0.3) is 0 Å². The lowest BCUT2D eigenvalue weighted by molar-refractivity contribution is -0.0307. The second kappa shape index (κ2) is 4.06. The van der Waals surface area contributed by atoms with E-state index < -0.39 is 34.8 Å². The third-order valence-corrected chi connectivity index (χ3v) is 2.18. The number of rotatable bonds is 5. The number of aliphatic hydroxyl groups excluding tert-OH is 1. The van der Waals surface area contributed by atoms with Gasteiger partial charge in [-0.05, 0) is 10.9 Å². The largest absolute Gasteiger partial charge is 0.396 e. The smallest absolute Gasteiger partial charge is 0.372 e. The van der Waals surface area contributed by atoms with Crippen LogP contribution in [0.1, 0.15) is 12.8 Å². The van der Waals surface area contributed by atoms with Crippen molar-refractivity contribution < 1.29 is 31.2 Å². The maximum Gasteiger partial charge on any atom is 0.372 e. The van der Waals surface area contributed by atoms with E-state index in [2.05, 4.69) is 4.39 Å². The number of alkyl halides is 2. The maximum absolute atomic E-state index is 12.3. The Morgan fingerprint density at radius 1 is 1.42 bits per heavy atom. The lowest BCUT2D eigenvalue weighted by Crippen LogP contribution is -2.29. The van der Waals surface area contributed by atoms with Crippen molar-refractivity contribution in [3.63, 3.8) is 0 Å². The fourth-order valence-corrected chi connectivity index (χ4v) is 0.942. The van der Waals surface area contributed by atoms with E-state index in [0.29, 0.717) is 0 Å². The summed E-state index contributed by atoms with van der Waals surface area (Å²) in [6.45, 7) is -0.600. The number of hydrogen-bond acceptors (Lipinski definition) is 4. The van der Waals surface area contributed by atoms with E-state index >= 15 is 0 Å². The molecular formula is C4H7F3O4S. The van der Waals surface area contributed by atoms with Crippen molar-refractivity contribution in [2.24, 2.45) is 0 Å². The van der Waals surface area contributed by atoms with Gasteiger partial charge in [0.15, 0.2) is 0 Å². The number of hydrogen-bond donors (Lipinski definition) is 1. The molecule has 0 saturated heterocycles. The molecule has 0 saturated carbocycles. The van der Waals surface area contributed by atoms with E-state index in [1.807, 2.05) is 0 Å². The van der Waals surface area contributed by atoms with Crippen LogP contribution in [-0.4, -0.2) is 25.4 Å². The number of aliphatic hydroxyl groups is 1. The summed E-state index contributed by atoms with van der Waals surface area (Å²) >= 11 is 0. The molecule has 0 aromatic rings. The highest BCUT2D eigenvalue weighted by molar-refractivity contribution is 7.87. The third-order valence-electron chi connectivity index (χ3n) is 1.07. The zero-order valence-electron chi connectivity index (χ0n) is 5.84. The first kappa shape index (κ1) is 11.7. The van der Waals surface area contributed by atoms with Crippen LogP contribution in [0.2, 0.25) is 0 Å². The molecule has 0 aliphatic carbocycles. The van der Waals surface area contributed by atoms with Gasteiger partial charge in [0.1, 0.15) is 0 Å². The van der Waals surface area contributed by atoms with Crippen molar-refractivity contribution in [1.29, 1.82) is 0 Å². The van der Waals surface area contributed by atoms with Crippen molar-refractivity contribution in [2.45, 2.75) is 18.1 Å². The zero-order chi connectivity index (χ0) is 9.83. The Hall–Kier alpha value is -0.340. The van der Waals surface area contributed by atoms with E-state index in [1.54, 1.807) is 0 Å². The summed E-state index contributed by atoms with van der Waals surface area (Å²) in [6, 6.07) is 0. The molecule has 0 rings (SSSR count). The molecule has 12 heavy (non-hydrogen) atoms. The molecule has 0 aliphatic heterocycles. The molecule has 0 radical (unpaired) electrons. The highest BCUT2D eigenvalue weighted by atomic mass is 32.2. The summed E-state index contributed by atoms with van der Waals surface area (Å²) in [5.74, 6) is 0. The molecule has 0 unspecified atom stereocenters. The predicted molar refractivity (Wildman–Crippen MR) is 32.4 cm³/mol. The van der Waals surface area contributed by atoms with Crippen LogP contribution >= 0.6 is 0 Å². The van der Waals surface area contributed by atoms with Gasteiger partial charge in [-0.3, -0.25) is 0 Å². The summed E-state index contributed by atoms with van der Waals surface area (Å²) in [6.07, 6.45) is -1.62. The number of halogens is 3. The maximum atomic E-state index is 12.3. The van der Waals surface area contributed by atoms with Gasteiger partial charge in [0.05, 0.1) is 0 Å². The molecule has 0 aromatic carbocycles. The van der Waals surface area contributed by atoms with Gasteiger partial charge in [-0.15, -0.1) is 0 Å². The van der Waals surface area contributed by atoms with Gasteiger partial charge >= 0.3 is 15.4 Å². The molecule has 0 fully saturated rings. The summed E-state index contributed by atoms with van der Waals surface area (Å²) in [4.78, 5) is 0. The first-order valence-electron chi connectivity index (χ1n) is 2.91. The summed E-state index contributed by atoms with van der Waals surface area (Å²) < 4.78 is 58.0. The summed E-state index contributed by atoms with van der Waals surface area (Å²) in [7, 11) is -5.48. The molecule has 8 heteroatoms. The first-order valence-corrected chi connectivity index (χ1v) is 4.31. The fraction of sp³-hybridized carbons (Fsp3) is 1.00. The Morgan fingerprint density at radius 3 is 2.25 bits per heavy atom. The highest BCUT2D eigenvalue weighted by Gasteiger charge is 2.46. The van der Waals surface area contributed by atoms with Crippen molar-refractivity contribution in [3.8, 4) is 0 Å². The van der Waals surface area contributed by atoms with Crippen LogP contribution in [0.4, 0.5) is 13.3 Å². The molecular weight excluding hydrogens is 201 g/mol. The fourth-order valence-electron chi connectivity index (χ4n) is 0.456. The minimum atomic E-state index is -5.48. The molecule has 0 spiro atoms.